The highest BCUT2D eigenvalue weighted by atomic mass is 79.9. The van der Waals surface area contributed by atoms with Gasteiger partial charge in [0.15, 0.2) is 0 Å². The van der Waals surface area contributed by atoms with E-state index in [1.165, 1.54) is 5.56 Å². The fourth-order valence-electron chi connectivity index (χ4n) is 2.40. The quantitative estimate of drug-likeness (QED) is 0.897. The van der Waals surface area contributed by atoms with Crippen LogP contribution in [0.25, 0.3) is 0 Å². The summed E-state index contributed by atoms with van der Waals surface area (Å²) in [5.41, 5.74) is 1.25. The first-order chi connectivity index (χ1) is 7.93. The third-order valence-corrected chi connectivity index (χ3v) is 4.76. The summed E-state index contributed by atoms with van der Waals surface area (Å²) in [5, 5.41) is 13.3. The zero-order chi connectivity index (χ0) is 12.6. The standard InChI is InChI=1S/C14H20BrNO/c1-9(10-6-4-5-7-11(10)15)16-12-8-13(17)14(12,2)3/h4-7,9,12-13,16-17H,8H2,1-3H3/t9-,12?,13?/m0/s1. The second-order valence-corrected chi connectivity index (χ2v) is 6.39. The predicted octanol–water partition coefficient (Wildman–Crippen LogP) is 3.26. The molecule has 1 fully saturated rings. The molecule has 2 N–H and O–H groups in total. The molecule has 3 atom stereocenters. The van der Waals surface area contributed by atoms with Gasteiger partial charge in [0, 0.05) is 22.0 Å². The molecule has 2 nitrogen and oxygen atoms in total. The topological polar surface area (TPSA) is 32.3 Å². The van der Waals surface area contributed by atoms with Crippen LogP contribution >= 0.6 is 15.9 Å². The molecule has 1 aromatic carbocycles. The average Bonchev–Trinajstić information content (AvgIpc) is 2.29. The van der Waals surface area contributed by atoms with Crippen molar-refractivity contribution in [2.75, 3.05) is 0 Å². The number of hydrogen-bond acceptors (Lipinski definition) is 2. The summed E-state index contributed by atoms with van der Waals surface area (Å²) in [7, 11) is 0. The highest BCUT2D eigenvalue weighted by Gasteiger charge is 2.47. The first kappa shape index (κ1) is 13.1. The Morgan fingerprint density at radius 2 is 2.06 bits per heavy atom. The molecule has 1 aliphatic rings. The second-order valence-electron chi connectivity index (χ2n) is 5.54. The van der Waals surface area contributed by atoms with Crippen molar-refractivity contribution in [1.82, 2.24) is 5.32 Å². The zero-order valence-corrected chi connectivity index (χ0v) is 12.2. The lowest BCUT2D eigenvalue weighted by molar-refractivity contribution is -0.0755. The van der Waals surface area contributed by atoms with Crippen LogP contribution in [0.5, 0.6) is 0 Å². The second kappa shape index (κ2) is 4.71. The number of halogens is 1. The van der Waals surface area contributed by atoms with E-state index < -0.39 is 0 Å². The molecule has 2 rings (SSSR count). The Hall–Kier alpha value is -0.380. The van der Waals surface area contributed by atoms with E-state index in [-0.39, 0.29) is 11.5 Å². The van der Waals surface area contributed by atoms with E-state index in [2.05, 4.69) is 60.2 Å². The lowest BCUT2D eigenvalue weighted by atomic mass is 9.64. The van der Waals surface area contributed by atoms with Crippen LogP contribution in [-0.2, 0) is 0 Å². The van der Waals surface area contributed by atoms with E-state index in [0.717, 1.165) is 10.9 Å². The lowest BCUT2D eigenvalue weighted by Crippen LogP contribution is -2.60. The third kappa shape index (κ3) is 2.42. The van der Waals surface area contributed by atoms with E-state index in [9.17, 15) is 5.11 Å². The van der Waals surface area contributed by atoms with Crippen molar-refractivity contribution in [3.05, 3.63) is 34.3 Å². The number of rotatable bonds is 3. The molecule has 2 unspecified atom stereocenters. The predicted molar refractivity (Wildman–Crippen MR) is 73.9 cm³/mol. The summed E-state index contributed by atoms with van der Waals surface area (Å²) in [6.07, 6.45) is 0.674. The molecule has 0 heterocycles. The minimum atomic E-state index is -0.175. The molecule has 0 amide bonds. The number of nitrogens with one attached hydrogen (secondary N) is 1. The molecular formula is C14H20BrNO. The maximum absolute atomic E-state index is 9.73. The number of benzene rings is 1. The average molecular weight is 298 g/mol. The molecule has 1 aromatic rings. The maximum Gasteiger partial charge on any atom is 0.0621 e. The summed E-state index contributed by atoms with van der Waals surface area (Å²) in [4.78, 5) is 0. The summed E-state index contributed by atoms with van der Waals surface area (Å²) in [6.45, 7) is 6.40. The lowest BCUT2D eigenvalue weighted by Gasteiger charge is -2.50. The Morgan fingerprint density at radius 3 is 2.59 bits per heavy atom. The molecular weight excluding hydrogens is 278 g/mol. The van der Waals surface area contributed by atoms with Crippen LogP contribution in [0.1, 0.15) is 38.8 Å². The molecule has 0 aliphatic heterocycles. The molecule has 0 radical (unpaired) electrons. The largest absolute Gasteiger partial charge is 0.392 e. The van der Waals surface area contributed by atoms with Gasteiger partial charge >= 0.3 is 0 Å². The SMILES string of the molecule is C[C@H](NC1CC(O)C1(C)C)c1ccccc1Br. The van der Waals surface area contributed by atoms with Crippen molar-refractivity contribution in [2.24, 2.45) is 5.41 Å². The molecule has 0 spiro atoms. The molecule has 0 aromatic heterocycles. The van der Waals surface area contributed by atoms with Crippen LogP contribution in [0.15, 0.2) is 28.7 Å². The van der Waals surface area contributed by atoms with Gasteiger partial charge < -0.3 is 10.4 Å². The van der Waals surface area contributed by atoms with E-state index in [1.54, 1.807) is 0 Å². The van der Waals surface area contributed by atoms with Gasteiger partial charge in [-0.05, 0) is 25.0 Å². The number of hydrogen-bond donors (Lipinski definition) is 2. The normalized spacial score (nSPS) is 28.5. The number of aliphatic hydroxyl groups is 1. The molecule has 0 saturated heterocycles. The van der Waals surface area contributed by atoms with Crippen molar-refractivity contribution in [1.29, 1.82) is 0 Å². The zero-order valence-electron chi connectivity index (χ0n) is 10.6. The van der Waals surface area contributed by atoms with E-state index in [0.29, 0.717) is 12.1 Å². The van der Waals surface area contributed by atoms with E-state index in [1.807, 2.05) is 6.07 Å². The smallest absolute Gasteiger partial charge is 0.0621 e. The van der Waals surface area contributed by atoms with Crippen LogP contribution in [-0.4, -0.2) is 17.3 Å². The molecule has 1 saturated carbocycles. The van der Waals surface area contributed by atoms with Crippen LogP contribution < -0.4 is 5.32 Å². The van der Waals surface area contributed by atoms with Gasteiger partial charge in [0.1, 0.15) is 0 Å². The fraction of sp³-hybridized carbons (Fsp3) is 0.571. The van der Waals surface area contributed by atoms with Crippen molar-refractivity contribution >= 4 is 15.9 Å². The van der Waals surface area contributed by atoms with Gasteiger partial charge in [-0.25, -0.2) is 0 Å². The van der Waals surface area contributed by atoms with Gasteiger partial charge in [-0.1, -0.05) is 48.0 Å². The number of aliphatic hydroxyl groups excluding tert-OH is 1. The van der Waals surface area contributed by atoms with Gasteiger partial charge in [0.05, 0.1) is 6.10 Å². The molecule has 1 aliphatic carbocycles. The summed E-state index contributed by atoms with van der Waals surface area (Å²) < 4.78 is 1.14. The fourth-order valence-corrected chi connectivity index (χ4v) is 3.03. The van der Waals surface area contributed by atoms with Crippen LogP contribution in [0.2, 0.25) is 0 Å². The van der Waals surface area contributed by atoms with Gasteiger partial charge in [-0.2, -0.15) is 0 Å². The summed E-state index contributed by atoms with van der Waals surface area (Å²) in [6, 6.07) is 8.95. The van der Waals surface area contributed by atoms with Crippen LogP contribution in [0, 0.1) is 5.41 Å². The Morgan fingerprint density at radius 1 is 1.41 bits per heavy atom. The van der Waals surface area contributed by atoms with E-state index in [4.69, 9.17) is 0 Å². The highest BCUT2D eigenvalue weighted by molar-refractivity contribution is 9.10. The van der Waals surface area contributed by atoms with Gasteiger partial charge in [-0.15, -0.1) is 0 Å². The van der Waals surface area contributed by atoms with Crippen molar-refractivity contribution in [3.8, 4) is 0 Å². The molecule has 94 valence electrons. The van der Waals surface area contributed by atoms with E-state index >= 15 is 0 Å². The molecule has 3 heteroatoms. The molecule has 0 bridgehead atoms. The van der Waals surface area contributed by atoms with Gasteiger partial charge in [0.2, 0.25) is 0 Å². The first-order valence-electron chi connectivity index (χ1n) is 6.11. The minimum Gasteiger partial charge on any atom is -0.392 e. The molecule has 17 heavy (non-hydrogen) atoms. The Balaban J connectivity index is 2.04. The van der Waals surface area contributed by atoms with Gasteiger partial charge in [-0.3, -0.25) is 0 Å². The van der Waals surface area contributed by atoms with Crippen LogP contribution in [0.4, 0.5) is 0 Å². The van der Waals surface area contributed by atoms with Crippen molar-refractivity contribution in [3.63, 3.8) is 0 Å². The Kier molecular flexibility index (Phi) is 3.62. The van der Waals surface area contributed by atoms with Gasteiger partial charge in [0.25, 0.3) is 0 Å². The Bertz CT molecular complexity index is 405. The minimum absolute atomic E-state index is 0.0183. The van der Waals surface area contributed by atoms with Crippen molar-refractivity contribution in [2.45, 2.75) is 45.4 Å². The summed E-state index contributed by atoms with van der Waals surface area (Å²) in [5.74, 6) is 0. The summed E-state index contributed by atoms with van der Waals surface area (Å²) >= 11 is 3.58. The monoisotopic (exact) mass is 297 g/mol. The first-order valence-corrected chi connectivity index (χ1v) is 6.90. The Labute approximate surface area is 112 Å². The maximum atomic E-state index is 9.73. The third-order valence-electron chi connectivity index (χ3n) is 4.04. The van der Waals surface area contributed by atoms with Crippen molar-refractivity contribution < 1.29 is 5.11 Å². The highest BCUT2D eigenvalue weighted by Crippen LogP contribution is 2.41. The van der Waals surface area contributed by atoms with Crippen LogP contribution in [0.3, 0.4) is 0 Å².